The number of hydrogen-bond acceptors (Lipinski definition) is 2. The normalized spacial score (nSPS) is 13.4. The van der Waals surface area contributed by atoms with Crippen LogP contribution in [0.15, 0.2) is 34.7 Å². The van der Waals surface area contributed by atoms with Crippen molar-refractivity contribution < 1.29 is 9.52 Å². The molecule has 0 spiro atoms. The van der Waals surface area contributed by atoms with Crippen LogP contribution in [0.2, 0.25) is 0 Å². The van der Waals surface area contributed by atoms with Crippen molar-refractivity contribution in [2.75, 3.05) is 5.88 Å². The van der Waals surface area contributed by atoms with Gasteiger partial charge in [0.05, 0.1) is 5.88 Å². The summed E-state index contributed by atoms with van der Waals surface area (Å²) >= 11 is 5.50. The van der Waals surface area contributed by atoms with Gasteiger partial charge in [0.2, 0.25) is 0 Å². The zero-order valence-electron chi connectivity index (χ0n) is 6.90. The lowest BCUT2D eigenvalue weighted by Crippen LogP contribution is -1.95. The van der Waals surface area contributed by atoms with Gasteiger partial charge in [-0.15, -0.1) is 11.6 Å². The molecule has 0 aliphatic carbocycles. The van der Waals surface area contributed by atoms with Crippen LogP contribution in [0.4, 0.5) is 0 Å². The van der Waals surface area contributed by atoms with Gasteiger partial charge in [-0.1, -0.05) is 18.2 Å². The highest BCUT2D eigenvalue weighted by molar-refractivity contribution is 6.18. The predicted octanol–water partition coefficient (Wildman–Crippen LogP) is 2.71. The van der Waals surface area contributed by atoms with E-state index in [0.717, 1.165) is 11.0 Å². The molecule has 0 saturated heterocycles. The van der Waals surface area contributed by atoms with Crippen molar-refractivity contribution in [3.8, 4) is 0 Å². The first-order chi connectivity index (χ1) is 6.31. The first kappa shape index (κ1) is 8.60. The van der Waals surface area contributed by atoms with Crippen LogP contribution in [-0.2, 0) is 0 Å². The van der Waals surface area contributed by atoms with Gasteiger partial charge in [-0.2, -0.15) is 0 Å². The summed E-state index contributed by atoms with van der Waals surface area (Å²) in [5.41, 5.74) is 0.779. The van der Waals surface area contributed by atoms with Crippen LogP contribution in [0.1, 0.15) is 11.9 Å². The molecular formula is C10H9ClO2. The maximum atomic E-state index is 9.40. The molecule has 0 bridgehead atoms. The molecule has 1 heterocycles. The molecular weight excluding hydrogens is 188 g/mol. The van der Waals surface area contributed by atoms with E-state index in [0.29, 0.717) is 5.76 Å². The Labute approximate surface area is 80.7 Å². The topological polar surface area (TPSA) is 33.4 Å². The first-order valence-corrected chi connectivity index (χ1v) is 4.57. The van der Waals surface area contributed by atoms with E-state index in [2.05, 4.69) is 0 Å². The molecule has 0 aliphatic rings. The van der Waals surface area contributed by atoms with E-state index in [9.17, 15) is 5.11 Å². The van der Waals surface area contributed by atoms with Crippen LogP contribution >= 0.6 is 11.6 Å². The fraction of sp³-hybridized carbons (Fsp3) is 0.200. The van der Waals surface area contributed by atoms with Crippen molar-refractivity contribution in [2.45, 2.75) is 6.10 Å². The molecule has 68 valence electrons. The van der Waals surface area contributed by atoms with Gasteiger partial charge in [0.25, 0.3) is 0 Å². The van der Waals surface area contributed by atoms with Crippen molar-refractivity contribution in [1.29, 1.82) is 0 Å². The first-order valence-electron chi connectivity index (χ1n) is 4.04. The summed E-state index contributed by atoms with van der Waals surface area (Å²) in [7, 11) is 0. The van der Waals surface area contributed by atoms with Crippen LogP contribution in [-0.4, -0.2) is 11.0 Å². The minimum absolute atomic E-state index is 0.153. The molecule has 1 unspecified atom stereocenters. The highest BCUT2D eigenvalue weighted by Crippen LogP contribution is 2.23. The molecule has 0 amide bonds. The Hall–Kier alpha value is -0.990. The summed E-state index contributed by atoms with van der Waals surface area (Å²) in [4.78, 5) is 0. The number of aliphatic hydroxyl groups excluding tert-OH is 1. The number of furan rings is 1. The second-order valence-electron chi connectivity index (χ2n) is 2.86. The largest absolute Gasteiger partial charge is 0.458 e. The van der Waals surface area contributed by atoms with Crippen LogP contribution in [0.5, 0.6) is 0 Å². The van der Waals surface area contributed by atoms with Gasteiger partial charge in [0, 0.05) is 5.39 Å². The highest BCUT2D eigenvalue weighted by Gasteiger charge is 2.11. The quantitative estimate of drug-likeness (QED) is 0.750. The average Bonchev–Trinajstić information content (AvgIpc) is 2.59. The van der Waals surface area contributed by atoms with E-state index in [1.807, 2.05) is 30.3 Å². The minimum atomic E-state index is -0.714. The minimum Gasteiger partial charge on any atom is -0.458 e. The zero-order valence-corrected chi connectivity index (χ0v) is 7.66. The Morgan fingerprint density at radius 1 is 1.38 bits per heavy atom. The van der Waals surface area contributed by atoms with Gasteiger partial charge in [-0.05, 0) is 12.1 Å². The summed E-state index contributed by atoms with van der Waals surface area (Å²) < 4.78 is 5.39. The Balaban J connectivity index is 2.49. The highest BCUT2D eigenvalue weighted by atomic mass is 35.5. The van der Waals surface area contributed by atoms with Gasteiger partial charge in [0.1, 0.15) is 17.4 Å². The maximum absolute atomic E-state index is 9.40. The van der Waals surface area contributed by atoms with Gasteiger partial charge >= 0.3 is 0 Å². The van der Waals surface area contributed by atoms with Crippen LogP contribution in [0.25, 0.3) is 11.0 Å². The van der Waals surface area contributed by atoms with Crippen molar-refractivity contribution in [3.63, 3.8) is 0 Å². The van der Waals surface area contributed by atoms with Gasteiger partial charge in [0.15, 0.2) is 0 Å². The van der Waals surface area contributed by atoms with Gasteiger partial charge in [-0.25, -0.2) is 0 Å². The summed E-state index contributed by atoms with van der Waals surface area (Å²) in [5.74, 6) is 0.677. The molecule has 1 aromatic heterocycles. The second-order valence-corrected chi connectivity index (χ2v) is 3.17. The van der Waals surface area contributed by atoms with E-state index in [4.69, 9.17) is 16.0 Å². The number of fused-ring (bicyclic) bond motifs is 1. The van der Waals surface area contributed by atoms with Crippen LogP contribution in [0, 0.1) is 0 Å². The smallest absolute Gasteiger partial charge is 0.135 e. The third-order valence-electron chi connectivity index (χ3n) is 1.92. The molecule has 0 fully saturated rings. The lowest BCUT2D eigenvalue weighted by Gasteiger charge is -1.99. The lowest BCUT2D eigenvalue weighted by atomic mass is 10.2. The number of rotatable bonds is 2. The van der Waals surface area contributed by atoms with Gasteiger partial charge in [-0.3, -0.25) is 0 Å². The SMILES string of the molecule is OC(CCl)c1cc2ccccc2o1. The number of benzene rings is 1. The van der Waals surface area contributed by atoms with Gasteiger partial charge < -0.3 is 9.52 Å². The molecule has 0 aliphatic heterocycles. The fourth-order valence-corrected chi connectivity index (χ4v) is 1.39. The van der Waals surface area contributed by atoms with Crippen molar-refractivity contribution in [3.05, 3.63) is 36.1 Å². The molecule has 0 saturated carbocycles. The predicted molar refractivity (Wildman–Crippen MR) is 51.9 cm³/mol. The molecule has 1 aromatic carbocycles. The summed E-state index contributed by atoms with van der Waals surface area (Å²) in [6, 6.07) is 9.42. The van der Waals surface area contributed by atoms with Crippen LogP contribution in [0.3, 0.4) is 0 Å². The fourth-order valence-electron chi connectivity index (χ4n) is 1.24. The van der Waals surface area contributed by atoms with Crippen molar-refractivity contribution in [2.24, 2.45) is 0 Å². The van der Waals surface area contributed by atoms with E-state index in [1.54, 1.807) is 0 Å². The summed E-state index contributed by atoms with van der Waals surface area (Å²) in [5, 5.41) is 10.4. The summed E-state index contributed by atoms with van der Waals surface area (Å²) in [6.45, 7) is 0. The van der Waals surface area contributed by atoms with Crippen molar-refractivity contribution >= 4 is 22.6 Å². The van der Waals surface area contributed by atoms with E-state index < -0.39 is 6.10 Å². The molecule has 1 atom stereocenters. The monoisotopic (exact) mass is 196 g/mol. The second kappa shape index (κ2) is 3.40. The third kappa shape index (κ3) is 1.55. The zero-order chi connectivity index (χ0) is 9.26. The van der Waals surface area contributed by atoms with Crippen molar-refractivity contribution in [1.82, 2.24) is 0 Å². The number of aliphatic hydroxyl groups is 1. The average molecular weight is 197 g/mol. The molecule has 3 heteroatoms. The Kier molecular flexibility index (Phi) is 2.25. The van der Waals surface area contributed by atoms with E-state index >= 15 is 0 Å². The third-order valence-corrected chi connectivity index (χ3v) is 2.21. The van der Waals surface area contributed by atoms with E-state index in [-0.39, 0.29) is 5.88 Å². The maximum Gasteiger partial charge on any atom is 0.135 e. The number of halogens is 1. The molecule has 1 N–H and O–H groups in total. The summed E-state index contributed by atoms with van der Waals surface area (Å²) in [6.07, 6.45) is -0.714. The Morgan fingerprint density at radius 2 is 2.15 bits per heavy atom. The van der Waals surface area contributed by atoms with E-state index in [1.165, 1.54) is 0 Å². The Morgan fingerprint density at radius 3 is 2.85 bits per heavy atom. The number of para-hydroxylation sites is 1. The molecule has 2 rings (SSSR count). The molecule has 2 nitrogen and oxygen atoms in total. The van der Waals surface area contributed by atoms with Crippen LogP contribution < -0.4 is 0 Å². The molecule has 2 aromatic rings. The molecule has 0 radical (unpaired) electrons. The molecule has 13 heavy (non-hydrogen) atoms. The lowest BCUT2D eigenvalue weighted by molar-refractivity contribution is 0.175. The Bertz CT molecular complexity index is 375. The number of alkyl halides is 1. The number of hydrogen-bond donors (Lipinski definition) is 1. The standard InChI is InChI=1S/C10H9ClO2/c11-6-8(12)10-5-7-3-1-2-4-9(7)13-10/h1-5,8,12H,6H2.